The van der Waals surface area contributed by atoms with Crippen LogP contribution in [0, 0.1) is 0 Å². The number of rotatable bonds is 6. The zero-order valence-electron chi connectivity index (χ0n) is 15.7. The number of thiazole rings is 1. The van der Waals surface area contributed by atoms with Gasteiger partial charge in [0, 0.05) is 5.02 Å². The van der Waals surface area contributed by atoms with Crippen LogP contribution in [-0.2, 0) is 26.1 Å². The van der Waals surface area contributed by atoms with Crippen molar-refractivity contribution in [2.75, 3.05) is 21.3 Å². The van der Waals surface area contributed by atoms with Crippen molar-refractivity contribution in [1.82, 2.24) is 4.57 Å². The second-order valence-corrected chi connectivity index (χ2v) is 8.73. The first-order valence-electron chi connectivity index (χ1n) is 8.18. The zero-order chi connectivity index (χ0) is 21.2. The fraction of sp³-hybridized carbons (Fsp3) is 0.222. The van der Waals surface area contributed by atoms with Crippen molar-refractivity contribution >= 4 is 49.1 Å². The lowest BCUT2D eigenvalue weighted by Crippen LogP contribution is -2.22. The first-order chi connectivity index (χ1) is 13.8. The molecule has 0 unspecified atom stereocenters. The average molecular weight is 457 g/mol. The lowest BCUT2D eigenvalue weighted by atomic mass is 10.3. The van der Waals surface area contributed by atoms with E-state index < -0.39 is 16.0 Å². The molecule has 1 aromatic heterocycles. The summed E-state index contributed by atoms with van der Waals surface area (Å²) in [7, 11) is 0.155. The Kier molecular flexibility index (Phi) is 6.15. The highest BCUT2D eigenvalue weighted by Crippen LogP contribution is 2.35. The largest absolute Gasteiger partial charge is 0.495 e. The van der Waals surface area contributed by atoms with E-state index in [0.717, 1.165) is 11.3 Å². The van der Waals surface area contributed by atoms with Crippen molar-refractivity contribution < 1.29 is 27.4 Å². The normalized spacial score (nSPS) is 12.2. The predicted molar refractivity (Wildman–Crippen MR) is 109 cm³/mol. The van der Waals surface area contributed by atoms with Crippen LogP contribution < -0.4 is 14.3 Å². The highest BCUT2D eigenvalue weighted by atomic mass is 35.5. The predicted octanol–water partition coefficient (Wildman–Crippen LogP) is 2.84. The van der Waals surface area contributed by atoms with E-state index >= 15 is 0 Å². The van der Waals surface area contributed by atoms with Crippen LogP contribution in [0.3, 0.4) is 0 Å². The number of hydrogen-bond acceptors (Lipinski definition) is 7. The summed E-state index contributed by atoms with van der Waals surface area (Å²) in [4.78, 5) is 12.0. The Morgan fingerprint density at radius 2 is 1.69 bits per heavy atom. The fourth-order valence-electron chi connectivity index (χ4n) is 2.63. The molecule has 154 valence electrons. The molecule has 0 bridgehead atoms. The van der Waals surface area contributed by atoms with E-state index in [9.17, 15) is 13.2 Å². The van der Waals surface area contributed by atoms with Gasteiger partial charge in [-0.25, -0.2) is 0 Å². The van der Waals surface area contributed by atoms with Gasteiger partial charge in [0.2, 0.25) is 4.80 Å². The highest BCUT2D eigenvalue weighted by Gasteiger charge is 2.20. The molecule has 29 heavy (non-hydrogen) atoms. The monoisotopic (exact) mass is 456 g/mol. The molecular formula is C18H17ClN2O6S2. The minimum atomic E-state index is -4.06. The number of esters is 1. The van der Waals surface area contributed by atoms with Gasteiger partial charge in [0.1, 0.15) is 28.3 Å². The molecular weight excluding hydrogens is 440 g/mol. The van der Waals surface area contributed by atoms with Crippen molar-refractivity contribution in [3.05, 3.63) is 46.2 Å². The summed E-state index contributed by atoms with van der Waals surface area (Å²) in [6.07, 6.45) is 0. The van der Waals surface area contributed by atoms with Gasteiger partial charge in [-0.2, -0.15) is 8.42 Å². The third-order valence-electron chi connectivity index (χ3n) is 4.02. The summed E-state index contributed by atoms with van der Waals surface area (Å²) in [5.74, 6) is 0.362. The van der Waals surface area contributed by atoms with Crippen molar-refractivity contribution in [3.8, 4) is 11.5 Å². The van der Waals surface area contributed by atoms with Gasteiger partial charge in [-0.15, -0.1) is 4.40 Å². The van der Waals surface area contributed by atoms with Gasteiger partial charge in [-0.1, -0.05) is 22.9 Å². The molecule has 0 aliphatic carbocycles. The summed E-state index contributed by atoms with van der Waals surface area (Å²) >= 11 is 6.89. The Morgan fingerprint density at radius 1 is 1.07 bits per heavy atom. The van der Waals surface area contributed by atoms with Gasteiger partial charge in [-0.05, 0) is 36.4 Å². The Morgan fingerprint density at radius 3 is 2.28 bits per heavy atom. The van der Waals surface area contributed by atoms with Gasteiger partial charge in [0.15, 0.2) is 0 Å². The number of halogens is 1. The molecule has 0 aliphatic heterocycles. The van der Waals surface area contributed by atoms with E-state index in [2.05, 4.69) is 4.40 Å². The lowest BCUT2D eigenvalue weighted by molar-refractivity contribution is -0.141. The maximum Gasteiger partial charge on any atom is 0.325 e. The minimum absolute atomic E-state index is 0.0251. The highest BCUT2D eigenvalue weighted by molar-refractivity contribution is 7.90. The van der Waals surface area contributed by atoms with E-state index in [4.69, 9.17) is 25.8 Å². The molecule has 0 aliphatic rings. The van der Waals surface area contributed by atoms with Gasteiger partial charge in [0.25, 0.3) is 10.0 Å². The number of benzene rings is 2. The molecule has 0 atom stereocenters. The summed E-state index contributed by atoms with van der Waals surface area (Å²) in [5.41, 5.74) is 0.479. The second kappa shape index (κ2) is 8.44. The number of hydrogen-bond donors (Lipinski definition) is 0. The van der Waals surface area contributed by atoms with Crippen LogP contribution in [-0.4, -0.2) is 40.3 Å². The topological polar surface area (TPSA) is 96.2 Å². The van der Waals surface area contributed by atoms with E-state index in [1.54, 1.807) is 12.1 Å². The maximum atomic E-state index is 12.8. The summed E-state index contributed by atoms with van der Waals surface area (Å²) < 4.78 is 47.1. The number of sulfonamides is 1. The maximum absolute atomic E-state index is 12.8. The zero-order valence-corrected chi connectivity index (χ0v) is 18.1. The molecule has 0 amide bonds. The fourth-order valence-corrected chi connectivity index (χ4v) is 5.09. The van der Waals surface area contributed by atoms with Crippen LogP contribution >= 0.6 is 22.9 Å². The summed E-state index contributed by atoms with van der Waals surface area (Å²) in [6.45, 7) is -0.255. The standard InChI is InChI=1S/C18H17ClN2O6S2/c1-25-13-8-9-14(26-2)17-16(13)21(10-15(22)27-3)18(28-17)20-29(23,24)12-6-4-11(19)5-7-12/h4-9H,10H2,1-3H3. The Labute approximate surface area is 176 Å². The van der Waals surface area contributed by atoms with Crippen molar-refractivity contribution in [3.63, 3.8) is 0 Å². The SMILES string of the molecule is COC(=O)Cn1c(=NS(=O)(=O)c2ccc(Cl)cc2)sc2c(OC)ccc(OC)c21. The van der Waals surface area contributed by atoms with Crippen LogP contribution in [0.25, 0.3) is 10.2 Å². The van der Waals surface area contributed by atoms with Gasteiger partial charge in [-0.3, -0.25) is 4.79 Å². The summed E-state index contributed by atoms with van der Waals surface area (Å²) in [5, 5.41) is 0.404. The van der Waals surface area contributed by atoms with Crippen molar-refractivity contribution in [2.24, 2.45) is 4.40 Å². The van der Waals surface area contributed by atoms with Crippen LogP contribution in [0.15, 0.2) is 45.7 Å². The Bertz CT molecular complexity index is 1230. The second-order valence-electron chi connectivity index (χ2n) is 5.72. The van der Waals surface area contributed by atoms with Crippen molar-refractivity contribution in [2.45, 2.75) is 11.4 Å². The molecule has 0 spiro atoms. The molecule has 3 rings (SSSR count). The van der Waals surface area contributed by atoms with Crippen LogP contribution in [0.2, 0.25) is 5.02 Å². The molecule has 11 heteroatoms. The Balaban J connectivity index is 2.33. The van der Waals surface area contributed by atoms with Crippen molar-refractivity contribution in [1.29, 1.82) is 0 Å². The molecule has 8 nitrogen and oxygen atoms in total. The smallest absolute Gasteiger partial charge is 0.325 e. The third-order valence-corrected chi connectivity index (χ3v) is 6.76. The number of methoxy groups -OCH3 is 3. The first kappa shape index (κ1) is 21.2. The number of carbonyl (C=O) groups is 1. The van der Waals surface area contributed by atoms with E-state index in [-0.39, 0.29) is 16.2 Å². The molecule has 0 N–H and O–H groups in total. The number of nitrogens with zero attached hydrogens (tertiary/aromatic N) is 2. The molecule has 0 radical (unpaired) electrons. The molecule has 0 fully saturated rings. The molecule has 0 saturated carbocycles. The molecule has 0 saturated heterocycles. The number of carbonyl (C=O) groups excluding carboxylic acids is 1. The average Bonchev–Trinajstić information content (AvgIpc) is 3.04. The first-order valence-corrected chi connectivity index (χ1v) is 10.8. The number of aromatic nitrogens is 1. The molecule has 3 aromatic rings. The lowest BCUT2D eigenvalue weighted by Gasteiger charge is -2.09. The van der Waals surface area contributed by atoms with Crippen LogP contribution in [0.4, 0.5) is 0 Å². The number of fused-ring (bicyclic) bond motifs is 1. The van der Waals surface area contributed by atoms with Gasteiger partial charge < -0.3 is 18.8 Å². The van der Waals surface area contributed by atoms with Gasteiger partial charge in [0.05, 0.1) is 26.2 Å². The van der Waals surface area contributed by atoms with Crippen LogP contribution in [0.5, 0.6) is 11.5 Å². The van der Waals surface area contributed by atoms with E-state index in [1.807, 2.05) is 0 Å². The quantitative estimate of drug-likeness (QED) is 0.529. The third kappa shape index (κ3) is 4.24. The van der Waals surface area contributed by atoms with Crippen LogP contribution in [0.1, 0.15) is 0 Å². The number of ether oxygens (including phenoxy) is 3. The summed E-state index contributed by atoms with van der Waals surface area (Å²) in [6, 6.07) is 9.00. The molecule has 1 heterocycles. The van der Waals surface area contributed by atoms with Gasteiger partial charge >= 0.3 is 5.97 Å². The van der Waals surface area contributed by atoms with E-state index in [1.165, 1.54) is 50.2 Å². The Hall–Kier alpha value is -2.56. The van der Waals surface area contributed by atoms with E-state index in [0.29, 0.717) is 26.7 Å². The molecule has 2 aromatic carbocycles. The minimum Gasteiger partial charge on any atom is -0.495 e.